The molecule has 1 aliphatic rings. The summed E-state index contributed by atoms with van der Waals surface area (Å²) in [4.78, 5) is 9.93. The van der Waals surface area contributed by atoms with Crippen molar-refractivity contribution in [3.8, 4) is 17.3 Å². The number of hydrogen-bond donors (Lipinski definition) is 0. The van der Waals surface area contributed by atoms with Crippen molar-refractivity contribution in [2.45, 2.75) is 90.9 Å². The van der Waals surface area contributed by atoms with Gasteiger partial charge in [-0.05, 0) is 111 Å². The van der Waals surface area contributed by atoms with E-state index in [0.29, 0.717) is 6.67 Å². The summed E-state index contributed by atoms with van der Waals surface area (Å²) in [6.07, 6.45) is 1.95. The van der Waals surface area contributed by atoms with Gasteiger partial charge in [0.1, 0.15) is 24.0 Å². The van der Waals surface area contributed by atoms with Crippen molar-refractivity contribution in [2.24, 2.45) is 0 Å². The third-order valence-corrected chi connectivity index (χ3v) is 14.2. The number of benzene rings is 7. The Balaban J connectivity index is 1.04. The summed E-state index contributed by atoms with van der Waals surface area (Å²) in [6, 6.07) is 63.9. The molecule has 0 spiro atoms. The van der Waals surface area contributed by atoms with Crippen LogP contribution in [0.4, 0.5) is 22.7 Å². The average molecular weight is 879 g/mol. The largest absolute Gasteiger partial charge is 0.457 e. The molecule has 1 aliphatic heterocycles. The van der Waals surface area contributed by atoms with E-state index in [9.17, 15) is 0 Å². The Morgan fingerprint density at radius 1 is 0.403 bits per heavy atom. The second-order valence-electron chi connectivity index (χ2n) is 21.5. The molecule has 5 nitrogen and oxygen atoms in total. The van der Waals surface area contributed by atoms with Crippen molar-refractivity contribution in [3.05, 3.63) is 216 Å². The molecule has 0 saturated carbocycles. The normalized spacial score (nSPS) is 13.4. The van der Waals surface area contributed by atoms with Crippen LogP contribution in [0.5, 0.6) is 11.5 Å². The molecule has 10 rings (SSSR count). The number of anilines is 4. The van der Waals surface area contributed by atoms with Crippen LogP contribution in [-0.2, 0) is 21.7 Å². The van der Waals surface area contributed by atoms with E-state index in [0.717, 1.165) is 45.1 Å². The molecule has 7 aromatic carbocycles. The van der Waals surface area contributed by atoms with Gasteiger partial charge in [-0.1, -0.05) is 166 Å². The first-order valence-corrected chi connectivity index (χ1v) is 23.7. The maximum absolute atomic E-state index is 6.88. The van der Waals surface area contributed by atoms with Crippen molar-refractivity contribution in [1.82, 2.24) is 9.55 Å². The molecule has 3 heterocycles. The first-order chi connectivity index (χ1) is 32.0. The van der Waals surface area contributed by atoms with Crippen LogP contribution in [0, 0.1) is 0 Å². The van der Waals surface area contributed by atoms with E-state index in [-0.39, 0.29) is 21.7 Å². The molecule has 0 aliphatic carbocycles. The first kappa shape index (κ1) is 43.8. The van der Waals surface area contributed by atoms with Crippen LogP contribution in [0.15, 0.2) is 182 Å². The van der Waals surface area contributed by atoms with Crippen LogP contribution in [0.25, 0.3) is 27.6 Å². The van der Waals surface area contributed by atoms with Crippen molar-refractivity contribution in [2.75, 3.05) is 16.5 Å². The summed E-state index contributed by atoms with van der Waals surface area (Å²) in [5.74, 6) is 2.42. The second-order valence-corrected chi connectivity index (χ2v) is 21.5. The number of rotatable bonds is 9. The smallest absolute Gasteiger partial charge is 0.137 e. The van der Waals surface area contributed by atoms with E-state index in [1.807, 2.05) is 6.20 Å². The van der Waals surface area contributed by atoms with Gasteiger partial charge in [0.15, 0.2) is 0 Å². The minimum absolute atomic E-state index is 0.0215. The van der Waals surface area contributed by atoms with Crippen molar-refractivity contribution >= 4 is 44.6 Å². The molecule has 0 fully saturated rings. The average Bonchev–Trinajstić information content (AvgIpc) is 3.87. The SMILES string of the molecule is CC(C)(C)c1cccc(N2CN(c3cccc(Oc4ccc5c6ccc(C(C)(C)C)cc6n(-c6cc(C(C)(C)c7ccccc7)ccn6)c5c4)c3)c3ccc(C(C)(C)c4ccccc4)cc32)c1. The standard InChI is InChI=1S/C62H62N4O/c1-59(2,3)44-23-17-24-48(35-44)65-41-64(54-32-28-46(37-57(54)65)61(7,8)42-19-13-11-14-20-42)49-25-18-26-50(39-49)67-51-29-31-53-52-30-27-45(60(4,5)6)36-55(52)66(56(53)40-51)58-38-47(33-34-63-58)62(9,10)43-21-15-12-16-22-43/h11-40H,41H2,1-10H3. The van der Waals surface area contributed by atoms with Crippen LogP contribution in [-0.4, -0.2) is 16.2 Å². The van der Waals surface area contributed by atoms with Crippen LogP contribution < -0.4 is 14.5 Å². The van der Waals surface area contributed by atoms with Crippen molar-refractivity contribution < 1.29 is 4.74 Å². The Labute approximate surface area is 397 Å². The maximum Gasteiger partial charge on any atom is 0.137 e. The zero-order valence-electron chi connectivity index (χ0n) is 40.7. The molecular formula is C62H62N4O. The highest BCUT2D eigenvalue weighted by Gasteiger charge is 2.33. The number of ether oxygens (including phenoxy) is 1. The predicted molar refractivity (Wildman–Crippen MR) is 282 cm³/mol. The number of fused-ring (bicyclic) bond motifs is 4. The summed E-state index contributed by atoms with van der Waals surface area (Å²) in [6.45, 7) is 23.6. The molecule has 67 heavy (non-hydrogen) atoms. The maximum atomic E-state index is 6.88. The highest BCUT2D eigenvalue weighted by Crippen LogP contribution is 2.48. The highest BCUT2D eigenvalue weighted by atomic mass is 16.5. The Morgan fingerprint density at radius 3 is 1.58 bits per heavy atom. The third kappa shape index (κ3) is 8.05. The van der Waals surface area contributed by atoms with Crippen molar-refractivity contribution in [1.29, 1.82) is 0 Å². The molecule has 0 atom stereocenters. The van der Waals surface area contributed by atoms with Gasteiger partial charge in [-0.3, -0.25) is 4.57 Å². The minimum atomic E-state index is -0.224. The lowest BCUT2D eigenvalue weighted by Gasteiger charge is -2.28. The van der Waals surface area contributed by atoms with E-state index in [2.05, 4.69) is 260 Å². The summed E-state index contributed by atoms with van der Waals surface area (Å²) in [5.41, 5.74) is 14.0. The lowest BCUT2D eigenvalue weighted by atomic mass is 9.78. The Hall–Kier alpha value is -7.11. The predicted octanol–water partition coefficient (Wildman–Crippen LogP) is 16.5. The van der Waals surface area contributed by atoms with Gasteiger partial charge in [0.05, 0.1) is 22.4 Å². The summed E-state index contributed by atoms with van der Waals surface area (Å²) >= 11 is 0. The number of nitrogens with zero attached hydrogens (tertiary/aromatic N) is 4. The lowest BCUT2D eigenvalue weighted by Crippen LogP contribution is -2.24. The molecule has 0 radical (unpaired) electrons. The van der Waals surface area contributed by atoms with E-state index in [4.69, 9.17) is 9.72 Å². The van der Waals surface area contributed by atoms with E-state index in [1.165, 1.54) is 50.1 Å². The number of pyridine rings is 1. The Kier molecular flexibility index (Phi) is 10.7. The van der Waals surface area contributed by atoms with Gasteiger partial charge in [0, 0.05) is 51.3 Å². The van der Waals surface area contributed by atoms with Crippen LogP contribution in [0.3, 0.4) is 0 Å². The second kappa shape index (κ2) is 16.3. The fraction of sp³-hybridized carbons (Fsp3) is 0.242. The molecular weight excluding hydrogens is 817 g/mol. The minimum Gasteiger partial charge on any atom is -0.457 e. The van der Waals surface area contributed by atoms with Gasteiger partial charge in [0.25, 0.3) is 0 Å². The van der Waals surface area contributed by atoms with Crippen LogP contribution >= 0.6 is 0 Å². The zero-order chi connectivity index (χ0) is 46.9. The van der Waals surface area contributed by atoms with Gasteiger partial charge in [-0.15, -0.1) is 0 Å². The monoisotopic (exact) mass is 878 g/mol. The summed E-state index contributed by atoms with van der Waals surface area (Å²) in [7, 11) is 0. The zero-order valence-corrected chi connectivity index (χ0v) is 40.7. The first-order valence-electron chi connectivity index (χ1n) is 23.7. The van der Waals surface area contributed by atoms with Crippen LogP contribution in [0.2, 0.25) is 0 Å². The lowest BCUT2D eigenvalue weighted by molar-refractivity contribution is 0.483. The summed E-state index contributed by atoms with van der Waals surface area (Å²) in [5, 5.41) is 2.34. The van der Waals surface area contributed by atoms with Gasteiger partial charge < -0.3 is 14.5 Å². The molecule has 5 heteroatoms. The van der Waals surface area contributed by atoms with E-state index in [1.54, 1.807) is 0 Å². The molecule has 9 aromatic rings. The van der Waals surface area contributed by atoms with Gasteiger partial charge in [0.2, 0.25) is 0 Å². The third-order valence-electron chi connectivity index (χ3n) is 14.2. The molecule has 0 amide bonds. The quantitative estimate of drug-likeness (QED) is 0.145. The van der Waals surface area contributed by atoms with Crippen molar-refractivity contribution in [3.63, 3.8) is 0 Å². The van der Waals surface area contributed by atoms with Gasteiger partial charge in [-0.2, -0.15) is 0 Å². The van der Waals surface area contributed by atoms with E-state index < -0.39 is 0 Å². The van der Waals surface area contributed by atoms with Gasteiger partial charge in [-0.25, -0.2) is 4.98 Å². The van der Waals surface area contributed by atoms with E-state index >= 15 is 0 Å². The number of hydrogen-bond acceptors (Lipinski definition) is 4. The fourth-order valence-corrected chi connectivity index (χ4v) is 9.83. The Morgan fingerprint density at radius 2 is 0.925 bits per heavy atom. The number of aromatic nitrogens is 2. The molecule has 336 valence electrons. The fourth-order valence-electron chi connectivity index (χ4n) is 9.83. The molecule has 0 unspecified atom stereocenters. The molecule has 0 bridgehead atoms. The highest BCUT2D eigenvalue weighted by molar-refractivity contribution is 6.09. The Bertz CT molecular complexity index is 3280. The molecule has 0 N–H and O–H groups in total. The van der Waals surface area contributed by atoms with Gasteiger partial charge >= 0.3 is 0 Å². The molecule has 2 aromatic heterocycles. The summed E-state index contributed by atoms with van der Waals surface area (Å²) < 4.78 is 9.20. The van der Waals surface area contributed by atoms with Crippen LogP contribution in [0.1, 0.15) is 103 Å². The molecule has 0 saturated heterocycles. The topological polar surface area (TPSA) is 33.5 Å².